The molecule has 0 aromatic heterocycles. The van der Waals surface area contributed by atoms with Gasteiger partial charge in [-0.15, -0.1) is 0 Å². The van der Waals surface area contributed by atoms with Crippen molar-refractivity contribution >= 4 is 23.1 Å². The highest BCUT2D eigenvalue weighted by molar-refractivity contribution is 6.01. The monoisotopic (exact) mass is 409 g/mol. The number of hydrogen-bond donors (Lipinski definition) is 1. The Morgan fingerprint density at radius 2 is 1.61 bits per heavy atom. The number of allylic oxidation sites excluding steroid dienone is 1. The first-order chi connectivity index (χ1) is 14.9. The second kappa shape index (κ2) is 7.05. The van der Waals surface area contributed by atoms with Crippen LogP contribution in [-0.2, 0) is 4.74 Å². The number of ether oxygens (including phenoxy) is 2. The summed E-state index contributed by atoms with van der Waals surface area (Å²) in [6, 6.07) is 21.0. The third-order valence-electron chi connectivity index (χ3n) is 6.26. The Hall–Kier alpha value is -3.46. The van der Waals surface area contributed by atoms with E-state index in [0.29, 0.717) is 0 Å². The molecule has 5 rings (SSSR count). The minimum atomic E-state index is -0.284. The molecule has 0 fully saturated rings. The summed E-state index contributed by atoms with van der Waals surface area (Å²) in [5.74, 6) is 2.69. The number of nitrogens with one attached hydrogen (secondary N) is 1. The van der Waals surface area contributed by atoms with Gasteiger partial charge in [0.1, 0.15) is 17.3 Å². The van der Waals surface area contributed by atoms with Crippen molar-refractivity contribution in [1.29, 1.82) is 0 Å². The summed E-state index contributed by atoms with van der Waals surface area (Å²) in [5.41, 5.74) is 8.85. The summed E-state index contributed by atoms with van der Waals surface area (Å²) in [7, 11) is 1.75. The Balaban J connectivity index is 1.84. The predicted molar refractivity (Wildman–Crippen MR) is 129 cm³/mol. The van der Waals surface area contributed by atoms with E-state index in [1.807, 2.05) is 12.1 Å². The van der Waals surface area contributed by atoms with Gasteiger partial charge in [0.05, 0.1) is 12.6 Å². The van der Waals surface area contributed by atoms with E-state index in [0.717, 1.165) is 50.8 Å². The predicted octanol–water partition coefficient (Wildman–Crippen LogP) is 7.13. The van der Waals surface area contributed by atoms with E-state index in [4.69, 9.17) is 9.47 Å². The molecular weight excluding hydrogens is 382 g/mol. The Morgan fingerprint density at radius 1 is 0.871 bits per heavy atom. The zero-order valence-corrected chi connectivity index (χ0v) is 18.7. The molecule has 0 bridgehead atoms. The van der Waals surface area contributed by atoms with E-state index >= 15 is 0 Å². The Kier molecular flexibility index (Phi) is 4.44. The number of aryl methyl sites for hydroxylation is 1. The van der Waals surface area contributed by atoms with Gasteiger partial charge in [0, 0.05) is 22.4 Å². The molecule has 3 aromatic rings. The van der Waals surface area contributed by atoms with Crippen molar-refractivity contribution < 1.29 is 9.47 Å². The highest BCUT2D eigenvalue weighted by atomic mass is 16.5. The summed E-state index contributed by atoms with van der Waals surface area (Å²) in [6.07, 6.45) is 2.16. The van der Waals surface area contributed by atoms with Crippen molar-refractivity contribution in [3.8, 4) is 16.9 Å². The van der Waals surface area contributed by atoms with Crippen LogP contribution in [0.2, 0.25) is 0 Å². The molecule has 0 atom stereocenters. The number of rotatable bonds is 2. The smallest absolute Gasteiger partial charge is 0.136 e. The van der Waals surface area contributed by atoms with Crippen LogP contribution in [0, 0.1) is 6.92 Å². The van der Waals surface area contributed by atoms with Crippen LogP contribution in [0.1, 0.15) is 43.0 Å². The zero-order chi connectivity index (χ0) is 21.8. The van der Waals surface area contributed by atoms with Crippen LogP contribution in [0.25, 0.3) is 28.5 Å². The van der Waals surface area contributed by atoms with Crippen LogP contribution in [0.4, 0.5) is 5.69 Å². The van der Waals surface area contributed by atoms with E-state index in [1.165, 1.54) is 11.1 Å². The average Bonchev–Trinajstić information content (AvgIpc) is 2.74. The van der Waals surface area contributed by atoms with Crippen LogP contribution in [0.15, 0.2) is 66.4 Å². The second-order valence-corrected chi connectivity index (χ2v) is 8.78. The lowest BCUT2D eigenvalue weighted by Gasteiger charge is -2.38. The fourth-order valence-electron chi connectivity index (χ4n) is 4.90. The molecule has 2 aliphatic rings. The number of methoxy groups -OCH3 is 1. The van der Waals surface area contributed by atoms with E-state index in [1.54, 1.807) is 7.11 Å². The van der Waals surface area contributed by atoms with Crippen LogP contribution in [0.3, 0.4) is 0 Å². The normalized spacial score (nSPS) is 17.3. The van der Waals surface area contributed by atoms with E-state index in [9.17, 15) is 0 Å². The average molecular weight is 410 g/mol. The lowest BCUT2D eigenvalue weighted by atomic mass is 9.82. The van der Waals surface area contributed by atoms with Gasteiger partial charge in [-0.05, 0) is 68.2 Å². The van der Waals surface area contributed by atoms with Crippen LogP contribution < -0.4 is 10.1 Å². The molecule has 0 aliphatic carbocycles. The molecule has 2 heterocycles. The molecule has 3 nitrogen and oxygen atoms in total. The SMILES string of the molecule is COC1=C(C)c2c(ccc3c2C(=Cc2ccccc2C)Oc2ccccc2-3)NC1(C)C. The fraction of sp³-hybridized carbons (Fsp3) is 0.214. The van der Waals surface area contributed by atoms with Crippen LogP contribution in [0.5, 0.6) is 5.75 Å². The van der Waals surface area contributed by atoms with Gasteiger partial charge in [-0.2, -0.15) is 0 Å². The molecule has 156 valence electrons. The second-order valence-electron chi connectivity index (χ2n) is 8.78. The quantitative estimate of drug-likeness (QED) is 0.488. The Morgan fingerprint density at radius 3 is 2.39 bits per heavy atom. The maximum absolute atomic E-state index is 6.52. The Labute approximate surface area is 184 Å². The van der Waals surface area contributed by atoms with Crippen LogP contribution in [-0.4, -0.2) is 12.6 Å². The molecule has 0 saturated carbocycles. The molecule has 3 aromatic carbocycles. The molecule has 2 aliphatic heterocycles. The summed E-state index contributed by atoms with van der Waals surface area (Å²) in [5, 5.41) is 3.67. The number of para-hydroxylation sites is 1. The van der Waals surface area contributed by atoms with E-state index in [2.05, 4.69) is 87.6 Å². The first-order valence-electron chi connectivity index (χ1n) is 10.7. The Bertz CT molecular complexity index is 1260. The standard InChI is InChI=1S/C28H27NO2/c1-17-10-6-7-11-19(17)16-24-26-21(20-12-8-9-13-23(20)31-24)14-15-22-25(26)18(2)27(30-5)28(3,4)29-22/h6-16,29H,1-5H3. The highest BCUT2D eigenvalue weighted by Gasteiger charge is 2.36. The largest absolute Gasteiger partial charge is 0.498 e. The van der Waals surface area contributed by atoms with Crippen LogP contribution >= 0.6 is 0 Å². The van der Waals surface area contributed by atoms with Crippen molar-refractivity contribution in [2.24, 2.45) is 0 Å². The molecule has 0 saturated heterocycles. The maximum Gasteiger partial charge on any atom is 0.136 e. The molecule has 3 heteroatoms. The van der Waals surface area contributed by atoms with Crippen molar-refractivity contribution in [2.75, 3.05) is 12.4 Å². The third-order valence-corrected chi connectivity index (χ3v) is 6.26. The zero-order valence-electron chi connectivity index (χ0n) is 18.7. The fourth-order valence-corrected chi connectivity index (χ4v) is 4.90. The van der Waals surface area contributed by atoms with Gasteiger partial charge in [-0.3, -0.25) is 0 Å². The van der Waals surface area contributed by atoms with Gasteiger partial charge in [0.25, 0.3) is 0 Å². The first-order valence-corrected chi connectivity index (χ1v) is 10.7. The van der Waals surface area contributed by atoms with Gasteiger partial charge in [0.15, 0.2) is 0 Å². The molecule has 1 N–H and O–H groups in total. The summed E-state index contributed by atoms with van der Waals surface area (Å²) in [4.78, 5) is 0. The number of fused-ring (bicyclic) bond motifs is 5. The lowest BCUT2D eigenvalue weighted by molar-refractivity contribution is 0.245. The molecule has 0 radical (unpaired) electrons. The number of hydrogen-bond acceptors (Lipinski definition) is 3. The van der Waals surface area contributed by atoms with Crippen molar-refractivity contribution in [3.63, 3.8) is 0 Å². The number of benzene rings is 3. The molecule has 0 spiro atoms. The molecule has 31 heavy (non-hydrogen) atoms. The van der Waals surface area contributed by atoms with Crippen molar-refractivity contribution in [3.05, 3.63) is 88.7 Å². The van der Waals surface area contributed by atoms with Crippen molar-refractivity contribution in [1.82, 2.24) is 0 Å². The minimum absolute atomic E-state index is 0.284. The number of anilines is 1. The summed E-state index contributed by atoms with van der Waals surface area (Å²) in [6.45, 7) is 8.57. The topological polar surface area (TPSA) is 30.5 Å². The molecular formula is C28H27NO2. The highest BCUT2D eigenvalue weighted by Crippen LogP contribution is 2.50. The van der Waals surface area contributed by atoms with Gasteiger partial charge in [0.2, 0.25) is 0 Å². The van der Waals surface area contributed by atoms with Gasteiger partial charge >= 0.3 is 0 Å². The first kappa shape index (κ1) is 19.5. The molecule has 0 unspecified atom stereocenters. The summed E-state index contributed by atoms with van der Waals surface area (Å²) >= 11 is 0. The molecule has 0 amide bonds. The maximum atomic E-state index is 6.52. The van der Waals surface area contributed by atoms with Gasteiger partial charge in [-0.1, -0.05) is 48.5 Å². The van der Waals surface area contributed by atoms with E-state index < -0.39 is 0 Å². The van der Waals surface area contributed by atoms with Crippen molar-refractivity contribution in [2.45, 2.75) is 33.2 Å². The van der Waals surface area contributed by atoms with Gasteiger partial charge in [-0.25, -0.2) is 0 Å². The third kappa shape index (κ3) is 3.04. The van der Waals surface area contributed by atoms with Gasteiger partial charge < -0.3 is 14.8 Å². The lowest BCUT2D eigenvalue weighted by Crippen LogP contribution is -2.38. The minimum Gasteiger partial charge on any atom is -0.498 e. The van der Waals surface area contributed by atoms with E-state index in [-0.39, 0.29) is 5.54 Å². The summed E-state index contributed by atoms with van der Waals surface area (Å²) < 4.78 is 12.4.